The number of halogens is 1. The maximum Gasteiger partial charge on any atom is 0.126 e. The molecule has 19 heavy (non-hydrogen) atoms. The highest BCUT2D eigenvalue weighted by atomic mass is 19.1. The number of aryl methyl sites for hydroxylation is 2. The molecule has 1 aromatic heterocycles. The molecule has 2 aromatic rings. The van der Waals surface area contributed by atoms with Crippen molar-refractivity contribution in [3.05, 3.63) is 41.3 Å². The molecule has 1 heterocycles. The molecule has 2 rings (SSSR count). The Morgan fingerprint density at radius 3 is 2.84 bits per heavy atom. The summed E-state index contributed by atoms with van der Waals surface area (Å²) in [5.74, 6) is -0.176. The smallest absolute Gasteiger partial charge is 0.126 e. The van der Waals surface area contributed by atoms with Gasteiger partial charge in [-0.3, -0.25) is 4.68 Å². The highest BCUT2D eigenvalue weighted by molar-refractivity contribution is 5.63. The second-order valence-electron chi connectivity index (χ2n) is 4.82. The average molecular weight is 261 g/mol. The van der Waals surface area contributed by atoms with Gasteiger partial charge < -0.3 is 5.32 Å². The first-order valence-electron chi connectivity index (χ1n) is 6.61. The minimum Gasteiger partial charge on any atom is -0.313 e. The Balaban J connectivity index is 2.29. The van der Waals surface area contributed by atoms with Crippen LogP contribution in [0.4, 0.5) is 4.39 Å². The summed E-state index contributed by atoms with van der Waals surface area (Å²) < 4.78 is 15.1. The van der Waals surface area contributed by atoms with E-state index in [2.05, 4.69) is 17.3 Å². The number of benzene rings is 1. The third kappa shape index (κ3) is 3.20. The van der Waals surface area contributed by atoms with Crippen LogP contribution in [0.3, 0.4) is 0 Å². The Hall–Kier alpha value is -1.68. The highest BCUT2D eigenvalue weighted by Crippen LogP contribution is 2.23. The van der Waals surface area contributed by atoms with Crippen LogP contribution in [-0.4, -0.2) is 16.3 Å². The fraction of sp³-hybridized carbons (Fsp3) is 0.400. The fourth-order valence-electron chi connectivity index (χ4n) is 2.10. The molecule has 102 valence electrons. The van der Waals surface area contributed by atoms with Crippen LogP contribution in [-0.2, 0) is 13.6 Å². The van der Waals surface area contributed by atoms with Crippen LogP contribution in [0, 0.1) is 12.7 Å². The van der Waals surface area contributed by atoms with Crippen molar-refractivity contribution in [1.29, 1.82) is 0 Å². The number of rotatable bonds is 5. The fourth-order valence-corrected chi connectivity index (χ4v) is 2.10. The van der Waals surface area contributed by atoms with Crippen LogP contribution in [0.15, 0.2) is 24.4 Å². The van der Waals surface area contributed by atoms with E-state index in [9.17, 15) is 4.39 Å². The van der Waals surface area contributed by atoms with Gasteiger partial charge in [0.15, 0.2) is 0 Å². The van der Waals surface area contributed by atoms with Crippen LogP contribution in [0.2, 0.25) is 0 Å². The van der Waals surface area contributed by atoms with Gasteiger partial charge in [0.05, 0.1) is 5.69 Å². The van der Waals surface area contributed by atoms with Gasteiger partial charge in [-0.25, -0.2) is 4.39 Å². The molecule has 0 fully saturated rings. The van der Waals surface area contributed by atoms with Gasteiger partial charge in [-0.15, -0.1) is 0 Å². The number of hydrogen-bond acceptors (Lipinski definition) is 2. The zero-order valence-electron chi connectivity index (χ0n) is 11.7. The largest absolute Gasteiger partial charge is 0.313 e. The Kier molecular flexibility index (Phi) is 4.32. The van der Waals surface area contributed by atoms with E-state index >= 15 is 0 Å². The lowest BCUT2D eigenvalue weighted by molar-refractivity contribution is 0.618. The van der Waals surface area contributed by atoms with Crippen LogP contribution in [0.25, 0.3) is 11.3 Å². The summed E-state index contributed by atoms with van der Waals surface area (Å²) in [6.45, 7) is 5.68. The van der Waals surface area contributed by atoms with E-state index in [1.807, 2.05) is 19.3 Å². The van der Waals surface area contributed by atoms with Crippen molar-refractivity contribution in [2.45, 2.75) is 26.8 Å². The molecule has 1 N–H and O–H groups in total. The monoisotopic (exact) mass is 261 g/mol. The molecule has 1 aromatic carbocycles. The van der Waals surface area contributed by atoms with Gasteiger partial charge in [-0.2, -0.15) is 5.10 Å². The predicted octanol–water partition coefficient (Wildman–Crippen LogP) is 3.03. The van der Waals surface area contributed by atoms with E-state index in [1.165, 1.54) is 6.07 Å². The van der Waals surface area contributed by atoms with Crippen LogP contribution < -0.4 is 5.32 Å². The number of hydrogen-bond donors (Lipinski definition) is 1. The van der Waals surface area contributed by atoms with Crippen LogP contribution in [0.5, 0.6) is 0 Å². The van der Waals surface area contributed by atoms with E-state index in [1.54, 1.807) is 17.7 Å². The zero-order chi connectivity index (χ0) is 13.8. The lowest BCUT2D eigenvalue weighted by Crippen LogP contribution is -2.13. The minimum atomic E-state index is -0.176. The second kappa shape index (κ2) is 5.97. The molecule has 0 spiro atoms. The van der Waals surface area contributed by atoms with Gasteiger partial charge in [0.2, 0.25) is 0 Å². The quantitative estimate of drug-likeness (QED) is 0.838. The first kappa shape index (κ1) is 13.7. The molecule has 0 aliphatic carbocycles. The Bertz CT molecular complexity index is 561. The minimum absolute atomic E-state index is 0.176. The van der Waals surface area contributed by atoms with Gasteiger partial charge in [0.25, 0.3) is 0 Å². The number of nitrogens with zero attached hydrogens (tertiary/aromatic N) is 2. The van der Waals surface area contributed by atoms with Gasteiger partial charge >= 0.3 is 0 Å². The molecule has 0 atom stereocenters. The molecule has 0 saturated heterocycles. The van der Waals surface area contributed by atoms with Crippen molar-refractivity contribution in [1.82, 2.24) is 15.1 Å². The first-order chi connectivity index (χ1) is 9.11. The van der Waals surface area contributed by atoms with E-state index in [0.29, 0.717) is 5.56 Å². The molecular formula is C15H20FN3. The first-order valence-corrected chi connectivity index (χ1v) is 6.61. The van der Waals surface area contributed by atoms with Crippen molar-refractivity contribution in [2.24, 2.45) is 7.05 Å². The summed E-state index contributed by atoms with van der Waals surface area (Å²) >= 11 is 0. The van der Waals surface area contributed by atoms with Crippen molar-refractivity contribution in [2.75, 3.05) is 6.54 Å². The maximum absolute atomic E-state index is 13.3. The summed E-state index contributed by atoms with van der Waals surface area (Å²) in [5, 5.41) is 7.86. The Morgan fingerprint density at radius 2 is 2.16 bits per heavy atom. The summed E-state index contributed by atoms with van der Waals surface area (Å²) in [6.07, 6.45) is 3.11. The van der Waals surface area contributed by atoms with E-state index in [-0.39, 0.29) is 5.82 Å². The van der Waals surface area contributed by atoms with Gasteiger partial charge in [0, 0.05) is 30.9 Å². The molecule has 0 aliphatic heterocycles. The third-order valence-electron chi connectivity index (χ3n) is 3.08. The van der Waals surface area contributed by atoms with Gasteiger partial charge in [-0.05, 0) is 43.7 Å². The summed E-state index contributed by atoms with van der Waals surface area (Å²) in [6, 6.07) is 5.14. The van der Waals surface area contributed by atoms with E-state index in [4.69, 9.17) is 0 Å². The van der Waals surface area contributed by atoms with Crippen LogP contribution in [0.1, 0.15) is 24.5 Å². The number of aromatic nitrogens is 2. The summed E-state index contributed by atoms with van der Waals surface area (Å²) in [4.78, 5) is 0. The van der Waals surface area contributed by atoms with Crippen molar-refractivity contribution in [3.63, 3.8) is 0 Å². The molecule has 4 heteroatoms. The Labute approximate surface area is 113 Å². The third-order valence-corrected chi connectivity index (χ3v) is 3.08. The summed E-state index contributed by atoms with van der Waals surface area (Å²) in [5.41, 5.74) is 3.68. The highest BCUT2D eigenvalue weighted by Gasteiger charge is 2.11. The molecule has 0 radical (unpaired) electrons. The molecule has 0 amide bonds. The van der Waals surface area contributed by atoms with Crippen molar-refractivity contribution < 1.29 is 4.39 Å². The van der Waals surface area contributed by atoms with Crippen LogP contribution >= 0.6 is 0 Å². The lowest BCUT2D eigenvalue weighted by atomic mass is 10.1. The maximum atomic E-state index is 13.3. The molecule has 0 aliphatic rings. The van der Waals surface area contributed by atoms with Crippen molar-refractivity contribution >= 4 is 0 Å². The SMILES string of the molecule is CCCNCc1cn(C)nc1-c1ccc(F)c(C)c1. The molecule has 0 bridgehead atoms. The Morgan fingerprint density at radius 1 is 1.37 bits per heavy atom. The molecular weight excluding hydrogens is 241 g/mol. The standard InChI is InChI=1S/C15H20FN3/c1-4-7-17-9-13-10-19(3)18-15(13)12-5-6-14(16)11(2)8-12/h5-6,8,10,17H,4,7,9H2,1-3H3. The molecule has 3 nitrogen and oxygen atoms in total. The number of nitrogens with one attached hydrogen (secondary N) is 1. The molecule has 0 unspecified atom stereocenters. The van der Waals surface area contributed by atoms with E-state index in [0.717, 1.165) is 36.3 Å². The molecule has 0 saturated carbocycles. The average Bonchev–Trinajstić information content (AvgIpc) is 2.74. The normalized spacial score (nSPS) is 10.9. The van der Waals surface area contributed by atoms with Gasteiger partial charge in [-0.1, -0.05) is 6.92 Å². The van der Waals surface area contributed by atoms with E-state index < -0.39 is 0 Å². The topological polar surface area (TPSA) is 29.9 Å². The second-order valence-corrected chi connectivity index (χ2v) is 4.82. The van der Waals surface area contributed by atoms with Gasteiger partial charge in [0.1, 0.15) is 5.82 Å². The predicted molar refractivity (Wildman–Crippen MR) is 75.3 cm³/mol. The summed E-state index contributed by atoms with van der Waals surface area (Å²) in [7, 11) is 1.91. The van der Waals surface area contributed by atoms with Crippen molar-refractivity contribution in [3.8, 4) is 11.3 Å². The zero-order valence-corrected chi connectivity index (χ0v) is 11.7. The lowest BCUT2D eigenvalue weighted by Gasteiger charge is -2.05.